The lowest BCUT2D eigenvalue weighted by Crippen LogP contribution is -2.48. The number of carbonyl (C=O) groups is 1. The van der Waals surface area contributed by atoms with E-state index in [9.17, 15) is 9.70 Å². The van der Waals surface area contributed by atoms with E-state index in [2.05, 4.69) is 26.0 Å². The van der Waals surface area contributed by atoms with E-state index < -0.39 is 0 Å². The Kier molecular flexibility index (Phi) is 7.98. The summed E-state index contributed by atoms with van der Waals surface area (Å²) in [5.74, 6) is -0.0770. The third-order valence-corrected chi connectivity index (χ3v) is 3.64. The van der Waals surface area contributed by atoms with E-state index in [4.69, 9.17) is 0 Å². The van der Waals surface area contributed by atoms with Gasteiger partial charge in [0, 0.05) is 41.0 Å². The molecular weight excluding hydrogens is 278 g/mol. The highest BCUT2D eigenvalue weighted by atomic mass is 35.5. The summed E-state index contributed by atoms with van der Waals surface area (Å²) in [6, 6.07) is 0.167. The van der Waals surface area contributed by atoms with Gasteiger partial charge >= 0.3 is 0 Å². The Labute approximate surface area is 128 Å². The van der Waals surface area contributed by atoms with Crippen molar-refractivity contribution in [3.63, 3.8) is 0 Å². The third kappa shape index (κ3) is 6.48. The Balaban J connectivity index is 0.00000361. The van der Waals surface area contributed by atoms with Crippen molar-refractivity contribution in [2.24, 2.45) is 0 Å². The maximum atomic E-state index is 11.6. The molecule has 1 heterocycles. The zero-order valence-electron chi connectivity index (χ0n) is 12.9. The van der Waals surface area contributed by atoms with E-state index in [1.165, 1.54) is 4.76 Å². The number of rotatable bonds is 7. The van der Waals surface area contributed by atoms with Crippen LogP contribution in [0.5, 0.6) is 0 Å². The molecule has 1 fully saturated rings. The Morgan fingerprint density at radius 3 is 2.60 bits per heavy atom. The number of quaternary nitrogens is 1. The molecule has 0 aliphatic carbocycles. The molecule has 1 aliphatic rings. The zero-order chi connectivity index (χ0) is 14.5. The number of carbonyl (C=O) groups excluding carboxylic acids is 1. The molecule has 0 aromatic rings. The molecule has 0 aromatic heterocycles. The zero-order valence-corrected chi connectivity index (χ0v) is 13.7. The molecule has 0 saturated carbocycles. The summed E-state index contributed by atoms with van der Waals surface area (Å²) in [5, 5.41) is 2.84. The number of halogens is 1. The number of likely N-dealkylation sites (N-methyl/N-ethyl adjacent to an activating group) is 1. The summed E-state index contributed by atoms with van der Waals surface area (Å²) >= 11 is 0. The van der Waals surface area contributed by atoms with Crippen LogP contribution in [-0.4, -0.2) is 61.5 Å². The Morgan fingerprint density at radius 2 is 2.10 bits per heavy atom. The predicted molar refractivity (Wildman–Crippen MR) is 83.0 cm³/mol. The van der Waals surface area contributed by atoms with Crippen LogP contribution in [0.15, 0.2) is 12.2 Å². The molecule has 1 atom stereocenters. The van der Waals surface area contributed by atoms with Crippen molar-refractivity contribution in [2.75, 3.05) is 40.3 Å². The number of hydrogen-bond donors (Lipinski definition) is 1. The number of nitrogens with one attached hydrogen (secondary N) is 1. The lowest BCUT2D eigenvalue weighted by molar-refractivity contribution is -0.902. The number of hydrogen-bond acceptors (Lipinski definition) is 2. The van der Waals surface area contributed by atoms with Gasteiger partial charge in [-0.2, -0.15) is 0 Å². The van der Waals surface area contributed by atoms with Crippen LogP contribution in [0, 0.1) is 4.91 Å². The number of amides is 1. The Morgan fingerprint density at radius 1 is 1.45 bits per heavy atom. The van der Waals surface area contributed by atoms with Crippen molar-refractivity contribution < 1.29 is 14.0 Å². The van der Waals surface area contributed by atoms with Crippen molar-refractivity contribution in [3.05, 3.63) is 17.1 Å². The summed E-state index contributed by atoms with van der Waals surface area (Å²) in [5.41, 5.74) is 0.543. The van der Waals surface area contributed by atoms with Gasteiger partial charge in [-0.05, 0) is 6.92 Å². The van der Waals surface area contributed by atoms with Crippen molar-refractivity contribution >= 4 is 18.3 Å². The van der Waals surface area contributed by atoms with Crippen LogP contribution >= 0.6 is 12.4 Å². The first-order chi connectivity index (χ1) is 8.82. The lowest BCUT2D eigenvalue weighted by Gasteiger charge is -2.29. The van der Waals surface area contributed by atoms with Gasteiger partial charge in [0.15, 0.2) is 6.54 Å². The number of nitrogens with zero attached hydrogens (tertiary/aromatic N) is 2. The molecule has 6 heteroatoms. The molecule has 116 valence electrons. The van der Waals surface area contributed by atoms with Crippen molar-refractivity contribution in [2.45, 2.75) is 32.2 Å². The first kappa shape index (κ1) is 19.1. The fraction of sp³-hybridized carbons (Fsp3) is 0.786. The summed E-state index contributed by atoms with van der Waals surface area (Å²) in [6.07, 6.45) is 2.94. The second kappa shape index (κ2) is 8.37. The van der Waals surface area contributed by atoms with Crippen LogP contribution in [0.2, 0.25) is 0 Å². The highest BCUT2D eigenvalue weighted by molar-refractivity contribution is 5.91. The van der Waals surface area contributed by atoms with Gasteiger partial charge in [-0.15, -0.1) is 12.4 Å². The standard InChI is InChI=1S/C14H26N3O2.ClH/c1-12(2)14(18)15-8-6-10-17(3,4)11-13-7-5-9-16(13)19;/h13H,1,5-11H2,2-4H3;1H/q+1;/p+1. The van der Waals surface area contributed by atoms with E-state index >= 15 is 0 Å². The molecule has 0 radical (unpaired) electrons. The van der Waals surface area contributed by atoms with Gasteiger partial charge in [0.1, 0.15) is 6.54 Å². The van der Waals surface area contributed by atoms with Gasteiger partial charge in [-0.1, -0.05) is 6.58 Å². The average molecular weight is 306 g/mol. The van der Waals surface area contributed by atoms with Crippen LogP contribution in [-0.2, 0) is 4.79 Å². The molecule has 1 amide bonds. The molecular formula is C14H28ClN3O2+2. The first-order valence-electron chi connectivity index (χ1n) is 7.01. The minimum atomic E-state index is -0.0770. The van der Waals surface area contributed by atoms with E-state index in [0.29, 0.717) is 18.7 Å². The largest absolute Gasteiger partial charge is 0.352 e. The highest BCUT2D eigenvalue weighted by Crippen LogP contribution is 2.15. The first-order valence-corrected chi connectivity index (χ1v) is 7.01. The van der Waals surface area contributed by atoms with E-state index in [1.807, 2.05) is 0 Å². The van der Waals surface area contributed by atoms with Gasteiger partial charge in [0.2, 0.25) is 11.9 Å². The van der Waals surface area contributed by atoms with Gasteiger partial charge in [0.05, 0.1) is 20.6 Å². The van der Waals surface area contributed by atoms with Crippen LogP contribution in [0.3, 0.4) is 0 Å². The molecule has 1 N–H and O–H groups in total. The lowest BCUT2D eigenvalue weighted by atomic mass is 10.2. The van der Waals surface area contributed by atoms with Crippen LogP contribution < -0.4 is 5.32 Å². The molecule has 1 aliphatic heterocycles. The maximum absolute atomic E-state index is 11.6. The molecule has 5 nitrogen and oxygen atoms in total. The topological polar surface area (TPSA) is 49.2 Å². The van der Waals surface area contributed by atoms with Gasteiger partial charge < -0.3 is 9.80 Å². The summed E-state index contributed by atoms with van der Waals surface area (Å²) in [7, 11) is 4.29. The van der Waals surface area contributed by atoms with Gasteiger partial charge in [-0.3, -0.25) is 4.79 Å². The second-order valence-corrected chi connectivity index (χ2v) is 6.17. The molecule has 1 rings (SSSR count). The van der Waals surface area contributed by atoms with Crippen LogP contribution in [0.1, 0.15) is 26.2 Å². The van der Waals surface area contributed by atoms with Crippen LogP contribution in [0.25, 0.3) is 0 Å². The maximum Gasteiger partial charge on any atom is 0.249 e. The molecule has 0 spiro atoms. The van der Waals surface area contributed by atoms with E-state index in [1.54, 1.807) is 6.92 Å². The SMILES string of the molecule is C=C(C)C(=O)NCCC[N+](C)(C)CC1CCC[N+]1=O.Cl. The second-order valence-electron chi connectivity index (χ2n) is 6.17. The smallest absolute Gasteiger partial charge is 0.249 e. The van der Waals surface area contributed by atoms with Crippen molar-refractivity contribution in [1.82, 2.24) is 5.32 Å². The van der Waals surface area contributed by atoms with Gasteiger partial charge in [0.25, 0.3) is 0 Å². The summed E-state index contributed by atoms with van der Waals surface area (Å²) in [6.45, 7) is 8.50. The molecule has 0 bridgehead atoms. The molecule has 0 aromatic carbocycles. The fourth-order valence-electron chi connectivity index (χ4n) is 2.51. The van der Waals surface area contributed by atoms with E-state index in [0.717, 1.165) is 36.8 Å². The molecule has 1 saturated heterocycles. The fourth-order valence-corrected chi connectivity index (χ4v) is 2.51. The van der Waals surface area contributed by atoms with Crippen molar-refractivity contribution in [3.8, 4) is 0 Å². The minimum Gasteiger partial charge on any atom is -0.352 e. The predicted octanol–water partition coefficient (Wildman–Crippen LogP) is 1.51. The highest BCUT2D eigenvalue weighted by Gasteiger charge is 2.37. The van der Waals surface area contributed by atoms with Crippen molar-refractivity contribution in [1.29, 1.82) is 0 Å². The Bertz CT molecular complexity index is 369. The van der Waals surface area contributed by atoms with Crippen LogP contribution in [0.4, 0.5) is 0 Å². The summed E-state index contributed by atoms with van der Waals surface area (Å²) < 4.78 is 2.05. The summed E-state index contributed by atoms with van der Waals surface area (Å²) in [4.78, 5) is 22.9. The number of nitroso groups, excluding NO2 is 1. The van der Waals surface area contributed by atoms with Gasteiger partial charge in [-0.25, -0.2) is 0 Å². The quantitative estimate of drug-likeness (QED) is 0.335. The monoisotopic (exact) mass is 305 g/mol. The minimum absolute atomic E-state index is 0. The third-order valence-electron chi connectivity index (χ3n) is 3.64. The average Bonchev–Trinajstić information content (AvgIpc) is 2.69. The Hall–Kier alpha value is -0.940. The molecule has 20 heavy (non-hydrogen) atoms. The normalized spacial score (nSPS) is 18.6. The van der Waals surface area contributed by atoms with E-state index in [-0.39, 0.29) is 24.4 Å². The molecule has 1 unspecified atom stereocenters.